The van der Waals surface area contributed by atoms with Gasteiger partial charge in [-0.2, -0.15) is 0 Å². The zero-order valence-corrected chi connectivity index (χ0v) is 10.8. The average Bonchev–Trinajstić information content (AvgIpc) is 2.85. The van der Waals surface area contributed by atoms with Gasteiger partial charge in [0.05, 0.1) is 6.10 Å². The third-order valence-electron chi connectivity index (χ3n) is 3.51. The lowest BCUT2D eigenvalue weighted by atomic mass is 9.94. The van der Waals surface area contributed by atoms with Crippen LogP contribution in [0.3, 0.4) is 0 Å². The summed E-state index contributed by atoms with van der Waals surface area (Å²) in [5, 5.41) is 14.3. The standard InChI is InChI=1S/C12H17NO3S/c1-8-12(2,4-5-16-8)13-7-9-3-6-17-10(9)11(14)15/h3,6,8,13H,4-5,7H2,1-2H3,(H,14,15). The Labute approximate surface area is 105 Å². The van der Waals surface area contributed by atoms with Crippen molar-refractivity contribution in [2.24, 2.45) is 0 Å². The molecular weight excluding hydrogens is 238 g/mol. The molecule has 1 aliphatic heterocycles. The van der Waals surface area contributed by atoms with Crippen LogP contribution in [-0.2, 0) is 11.3 Å². The maximum Gasteiger partial charge on any atom is 0.346 e. The number of carboxylic acid groups (broad SMARTS) is 1. The molecule has 1 fully saturated rings. The van der Waals surface area contributed by atoms with Gasteiger partial charge in [0.1, 0.15) is 4.88 Å². The average molecular weight is 255 g/mol. The number of carbonyl (C=O) groups is 1. The first-order valence-electron chi connectivity index (χ1n) is 5.69. The van der Waals surface area contributed by atoms with E-state index >= 15 is 0 Å². The molecule has 5 heteroatoms. The molecule has 0 saturated carbocycles. The molecule has 2 N–H and O–H groups in total. The second kappa shape index (κ2) is 4.76. The Morgan fingerprint density at radius 2 is 2.53 bits per heavy atom. The molecule has 2 rings (SSSR count). The minimum absolute atomic E-state index is 0.0578. The van der Waals surface area contributed by atoms with Gasteiger partial charge in [-0.1, -0.05) is 0 Å². The van der Waals surface area contributed by atoms with Crippen LogP contribution in [0, 0.1) is 0 Å². The number of hydrogen-bond acceptors (Lipinski definition) is 4. The Morgan fingerprint density at radius 3 is 3.12 bits per heavy atom. The number of nitrogens with one attached hydrogen (secondary N) is 1. The van der Waals surface area contributed by atoms with Gasteiger partial charge in [0.25, 0.3) is 0 Å². The van der Waals surface area contributed by atoms with Gasteiger partial charge in [-0.15, -0.1) is 11.3 Å². The molecule has 2 heterocycles. The topological polar surface area (TPSA) is 58.6 Å². The van der Waals surface area contributed by atoms with E-state index in [1.54, 1.807) is 0 Å². The van der Waals surface area contributed by atoms with E-state index in [9.17, 15) is 4.79 Å². The monoisotopic (exact) mass is 255 g/mol. The van der Waals surface area contributed by atoms with Crippen LogP contribution >= 0.6 is 11.3 Å². The molecule has 2 unspecified atom stereocenters. The highest BCUT2D eigenvalue weighted by Crippen LogP contribution is 2.26. The van der Waals surface area contributed by atoms with E-state index in [1.165, 1.54) is 11.3 Å². The minimum Gasteiger partial charge on any atom is -0.477 e. The SMILES string of the molecule is CC1OCCC1(C)NCc1ccsc1C(=O)O. The molecule has 1 aromatic heterocycles. The number of thiophene rings is 1. The summed E-state index contributed by atoms with van der Waals surface area (Å²) in [6.07, 6.45) is 1.12. The Balaban J connectivity index is 2.02. The maximum absolute atomic E-state index is 11.0. The number of rotatable bonds is 4. The van der Waals surface area contributed by atoms with Crippen molar-refractivity contribution in [3.8, 4) is 0 Å². The van der Waals surface area contributed by atoms with E-state index in [0.29, 0.717) is 11.4 Å². The molecule has 2 atom stereocenters. The van der Waals surface area contributed by atoms with Crippen molar-refractivity contribution in [2.45, 2.75) is 38.5 Å². The van der Waals surface area contributed by atoms with Crippen LogP contribution in [-0.4, -0.2) is 29.3 Å². The maximum atomic E-state index is 11.0. The Hall–Kier alpha value is -0.910. The molecule has 17 heavy (non-hydrogen) atoms. The largest absolute Gasteiger partial charge is 0.477 e. The molecule has 0 aliphatic carbocycles. The van der Waals surface area contributed by atoms with E-state index in [-0.39, 0.29) is 11.6 Å². The van der Waals surface area contributed by atoms with Gasteiger partial charge in [0.2, 0.25) is 0 Å². The molecule has 0 bridgehead atoms. The predicted octanol–water partition coefficient (Wildman–Crippen LogP) is 2.10. The first kappa shape index (κ1) is 12.5. The lowest BCUT2D eigenvalue weighted by molar-refractivity contribution is 0.0700. The van der Waals surface area contributed by atoms with Crippen molar-refractivity contribution in [2.75, 3.05) is 6.61 Å². The molecule has 94 valence electrons. The zero-order valence-electron chi connectivity index (χ0n) is 10.0. The Kier molecular flexibility index (Phi) is 3.51. The molecule has 1 saturated heterocycles. The first-order chi connectivity index (χ1) is 8.03. The second-order valence-corrected chi connectivity index (χ2v) is 5.53. The van der Waals surface area contributed by atoms with E-state index in [0.717, 1.165) is 18.6 Å². The normalized spacial score (nSPS) is 28.5. The smallest absolute Gasteiger partial charge is 0.346 e. The quantitative estimate of drug-likeness (QED) is 0.865. The van der Waals surface area contributed by atoms with Crippen LogP contribution in [0.25, 0.3) is 0 Å². The van der Waals surface area contributed by atoms with Crippen molar-refractivity contribution in [3.63, 3.8) is 0 Å². The van der Waals surface area contributed by atoms with Crippen molar-refractivity contribution in [1.29, 1.82) is 0 Å². The van der Waals surface area contributed by atoms with E-state index in [2.05, 4.69) is 12.2 Å². The molecule has 0 aromatic carbocycles. The molecular formula is C12H17NO3S. The van der Waals surface area contributed by atoms with Crippen molar-refractivity contribution >= 4 is 17.3 Å². The number of hydrogen-bond donors (Lipinski definition) is 2. The van der Waals surface area contributed by atoms with Crippen molar-refractivity contribution in [1.82, 2.24) is 5.32 Å². The van der Waals surface area contributed by atoms with Crippen LogP contribution in [0.2, 0.25) is 0 Å². The van der Waals surface area contributed by atoms with Gasteiger partial charge in [-0.05, 0) is 37.3 Å². The van der Waals surface area contributed by atoms with Gasteiger partial charge in [-0.3, -0.25) is 0 Å². The van der Waals surface area contributed by atoms with Gasteiger partial charge in [0, 0.05) is 18.7 Å². The molecule has 4 nitrogen and oxygen atoms in total. The highest BCUT2D eigenvalue weighted by atomic mass is 32.1. The van der Waals surface area contributed by atoms with E-state index in [1.807, 2.05) is 18.4 Å². The summed E-state index contributed by atoms with van der Waals surface area (Å²) in [5.74, 6) is -0.849. The van der Waals surface area contributed by atoms with Crippen molar-refractivity contribution in [3.05, 3.63) is 21.9 Å². The lowest BCUT2D eigenvalue weighted by Crippen LogP contribution is -2.47. The van der Waals surface area contributed by atoms with Crippen LogP contribution in [0.1, 0.15) is 35.5 Å². The number of carboxylic acids is 1. The van der Waals surface area contributed by atoms with Crippen LogP contribution in [0.4, 0.5) is 0 Å². The van der Waals surface area contributed by atoms with Gasteiger partial charge >= 0.3 is 5.97 Å². The summed E-state index contributed by atoms with van der Waals surface area (Å²) in [4.78, 5) is 11.4. The molecule has 0 radical (unpaired) electrons. The summed E-state index contributed by atoms with van der Waals surface area (Å²) >= 11 is 1.27. The fourth-order valence-electron chi connectivity index (χ4n) is 2.03. The third kappa shape index (κ3) is 2.51. The summed E-state index contributed by atoms with van der Waals surface area (Å²) in [6.45, 7) is 5.51. The van der Waals surface area contributed by atoms with Gasteiger partial charge in [0.15, 0.2) is 0 Å². The summed E-state index contributed by atoms with van der Waals surface area (Å²) in [6, 6.07) is 1.87. The molecule has 0 amide bonds. The Morgan fingerprint density at radius 1 is 1.76 bits per heavy atom. The molecule has 1 aliphatic rings. The minimum atomic E-state index is -0.849. The van der Waals surface area contributed by atoms with E-state index < -0.39 is 5.97 Å². The van der Waals surface area contributed by atoms with E-state index in [4.69, 9.17) is 9.84 Å². The third-order valence-corrected chi connectivity index (χ3v) is 4.45. The number of aromatic carboxylic acids is 1. The molecule has 0 spiro atoms. The molecule has 1 aromatic rings. The van der Waals surface area contributed by atoms with Gasteiger partial charge in [-0.25, -0.2) is 4.79 Å². The van der Waals surface area contributed by atoms with Crippen LogP contribution in [0.5, 0.6) is 0 Å². The Bertz CT molecular complexity index is 418. The highest BCUT2D eigenvalue weighted by Gasteiger charge is 2.36. The number of ether oxygens (including phenoxy) is 1. The summed E-state index contributed by atoms with van der Waals surface area (Å²) < 4.78 is 5.54. The first-order valence-corrected chi connectivity index (χ1v) is 6.57. The lowest BCUT2D eigenvalue weighted by Gasteiger charge is -2.29. The van der Waals surface area contributed by atoms with Crippen molar-refractivity contribution < 1.29 is 14.6 Å². The highest BCUT2D eigenvalue weighted by molar-refractivity contribution is 7.12. The second-order valence-electron chi connectivity index (χ2n) is 4.61. The zero-order chi connectivity index (χ0) is 12.5. The summed E-state index contributed by atoms with van der Waals surface area (Å²) in [5.41, 5.74) is 0.792. The van der Waals surface area contributed by atoms with Gasteiger partial charge < -0.3 is 15.2 Å². The van der Waals surface area contributed by atoms with Crippen LogP contribution in [0.15, 0.2) is 11.4 Å². The summed E-state index contributed by atoms with van der Waals surface area (Å²) in [7, 11) is 0. The van der Waals surface area contributed by atoms with Crippen LogP contribution < -0.4 is 5.32 Å². The fraction of sp³-hybridized carbons (Fsp3) is 0.583. The fourth-order valence-corrected chi connectivity index (χ4v) is 2.79. The predicted molar refractivity (Wildman–Crippen MR) is 66.6 cm³/mol.